The zero-order valence-corrected chi connectivity index (χ0v) is 10.8. The summed E-state index contributed by atoms with van der Waals surface area (Å²) in [5.74, 6) is 1.01. The Morgan fingerprint density at radius 1 is 1.27 bits per heavy atom. The second-order valence-corrected chi connectivity index (χ2v) is 5.02. The molecule has 1 rings (SSSR count). The van der Waals surface area contributed by atoms with Gasteiger partial charge in [-0.15, -0.1) is 0 Å². The number of hydrogen-bond donors (Lipinski definition) is 1. The highest BCUT2D eigenvalue weighted by Gasteiger charge is 2.29. The first-order valence-electron chi connectivity index (χ1n) is 6.66. The minimum Gasteiger partial charge on any atom is -0.317 e. The maximum Gasteiger partial charge on any atom is 0.00921 e. The van der Waals surface area contributed by atoms with Crippen LogP contribution in [0, 0.1) is 5.92 Å². The molecular formula is C13H28N2. The SMILES string of the molecule is CCCNCCCCN(C)C(C)C1CC1. The zero-order valence-electron chi connectivity index (χ0n) is 10.8. The Bertz CT molecular complexity index is 155. The molecule has 15 heavy (non-hydrogen) atoms. The van der Waals surface area contributed by atoms with E-state index in [1.54, 1.807) is 0 Å². The monoisotopic (exact) mass is 212 g/mol. The summed E-state index contributed by atoms with van der Waals surface area (Å²) in [6.45, 7) is 8.24. The van der Waals surface area contributed by atoms with Gasteiger partial charge in [-0.1, -0.05) is 6.92 Å². The van der Waals surface area contributed by atoms with Crippen LogP contribution in [0.2, 0.25) is 0 Å². The summed E-state index contributed by atoms with van der Waals surface area (Å²) in [4.78, 5) is 2.54. The summed E-state index contributed by atoms with van der Waals surface area (Å²) >= 11 is 0. The Hall–Kier alpha value is -0.0800. The van der Waals surface area contributed by atoms with Crippen LogP contribution in [0.25, 0.3) is 0 Å². The maximum absolute atomic E-state index is 3.45. The number of hydrogen-bond acceptors (Lipinski definition) is 2. The Kier molecular flexibility index (Phi) is 6.26. The predicted molar refractivity (Wildman–Crippen MR) is 67.2 cm³/mol. The Balaban J connectivity index is 1.89. The van der Waals surface area contributed by atoms with Gasteiger partial charge in [-0.25, -0.2) is 0 Å². The highest BCUT2D eigenvalue weighted by Crippen LogP contribution is 2.34. The predicted octanol–water partition coefficient (Wildman–Crippen LogP) is 2.50. The van der Waals surface area contributed by atoms with E-state index >= 15 is 0 Å². The van der Waals surface area contributed by atoms with E-state index in [0.717, 1.165) is 12.0 Å². The molecule has 0 amide bonds. The lowest BCUT2D eigenvalue weighted by molar-refractivity contribution is 0.230. The summed E-state index contributed by atoms with van der Waals surface area (Å²) in [6.07, 6.45) is 6.83. The molecule has 0 aromatic heterocycles. The van der Waals surface area contributed by atoms with Gasteiger partial charge < -0.3 is 10.2 Å². The van der Waals surface area contributed by atoms with Gasteiger partial charge >= 0.3 is 0 Å². The first kappa shape index (κ1) is 13.0. The van der Waals surface area contributed by atoms with Crippen molar-refractivity contribution < 1.29 is 0 Å². The van der Waals surface area contributed by atoms with Crippen molar-refractivity contribution in [3.63, 3.8) is 0 Å². The van der Waals surface area contributed by atoms with Gasteiger partial charge in [0, 0.05) is 6.04 Å². The molecule has 1 saturated carbocycles. The van der Waals surface area contributed by atoms with E-state index < -0.39 is 0 Å². The smallest absolute Gasteiger partial charge is 0.00921 e. The Morgan fingerprint density at radius 3 is 2.60 bits per heavy atom. The third kappa shape index (κ3) is 5.53. The van der Waals surface area contributed by atoms with E-state index in [2.05, 4.69) is 31.1 Å². The van der Waals surface area contributed by atoms with Crippen LogP contribution in [0.4, 0.5) is 0 Å². The number of rotatable bonds is 9. The number of nitrogens with one attached hydrogen (secondary N) is 1. The van der Waals surface area contributed by atoms with Crippen molar-refractivity contribution in [3.8, 4) is 0 Å². The molecule has 1 fully saturated rings. The quantitative estimate of drug-likeness (QED) is 0.591. The van der Waals surface area contributed by atoms with E-state index in [1.807, 2.05) is 0 Å². The summed E-state index contributed by atoms with van der Waals surface area (Å²) in [5.41, 5.74) is 0. The highest BCUT2D eigenvalue weighted by molar-refractivity contribution is 4.83. The van der Waals surface area contributed by atoms with E-state index in [0.29, 0.717) is 0 Å². The molecule has 0 radical (unpaired) electrons. The molecule has 90 valence electrons. The van der Waals surface area contributed by atoms with E-state index in [1.165, 1.54) is 51.7 Å². The van der Waals surface area contributed by atoms with Crippen LogP contribution >= 0.6 is 0 Å². The molecule has 1 aliphatic rings. The van der Waals surface area contributed by atoms with Crippen molar-refractivity contribution in [2.75, 3.05) is 26.7 Å². The average molecular weight is 212 g/mol. The molecule has 1 N–H and O–H groups in total. The zero-order chi connectivity index (χ0) is 11.1. The van der Waals surface area contributed by atoms with Gasteiger partial charge in [-0.05, 0) is 71.6 Å². The van der Waals surface area contributed by atoms with E-state index in [-0.39, 0.29) is 0 Å². The van der Waals surface area contributed by atoms with Crippen LogP contribution in [0.1, 0.15) is 46.0 Å². The van der Waals surface area contributed by atoms with Crippen molar-refractivity contribution in [2.24, 2.45) is 5.92 Å². The molecule has 1 unspecified atom stereocenters. The molecule has 0 aliphatic heterocycles. The Morgan fingerprint density at radius 2 is 2.00 bits per heavy atom. The molecule has 0 aromatic rings. The van der Waals surface area contributed by atoms with Gasteiger partial charge in [0.05, 0.1) is 0 Å². The first-order valence-corrected chi connectivity index (χ1v) is 6.66. The van der Waals surface area contributed by atoms with Gasteiger partial charge in [-0.3, -0.25) is 0 Å². The van der Waals surface area contributed by atoms with Gasteiger partial charge in [0.15, 0.2) is 0 Å². The normalized spacial score (nSPS) is 18.4. The molecule has 2 nitrogen and oxygen atoms in total. The summed E-state index contributed by atoms with van der Waals surface area (Å²) < 4.78 is 0. The van der Waals surface area contributed by atoms with Crippen molar-refractivity contribution in [1.29, 1.82) is 0 Å². The summed E-state index contributed by atoms with van der Waals surface area (Å²) in [7, 11) is 2.28. The second-order valence-electron chi connectivity index (χ2n) is 5.02. The molecule has 0 aromatic carbocycles. The molecule has 0 spiro atoms. The molecule has 1 atom stereocenters. The topological polar surface area (TPSA) is 15.3 Å². The average Bonchev–Trinajstić information content (AvgIpc) is 3.05. The maximum atomic E-state index is 3.45. The molecule has 0 saturated heterocycles. The van der Waals surface area contributed by atoms with Crippen LogP contribution in [0.5, 0.6) is 0 Å². The largest absolute Gasteiger partial charge is 0.317 e. The van der Waals surface area contributed by atoms with Crippen LogP contribution in [0.3, 0.4) is 0 Å². The summed E-state index contributed by atoms with van der Waals surface area (Å²) in [5, 5.41) is 3.45. The van der Waals surface area contributed by atoms with Crippen molar-refractivity contribution in [3.05, 3.63) is 0 Å². The number of unbranched alkanes of at least 4 members (excludes halogenated alkanes) is 1. The third-order valence-corrected chi connectivity index (χ3v) is 3.54. The Labute approximate surface area is 95.4 Å². The van der Waals surface area contributed by atoms with Gasteiger partial charge in [-0.2, -0.15) is 0 Å². The van der Waals surface area contributed by atoms with E-state index in [9.17, 15) is 0 Å². The lowest BCUT2D eigenvalue weighted by Gasteiger charge is -2.24. The summed E-state index contributed by atoms with van der Waals surface area (Å²) in [6, 6.07) is 0.814. The lowest BCUT2D eigenvalue weighted by atomic mass is 10.2. The standard InChI is InChI=1S/C13H28N2/c1-4-9-14-10-5-6-11-15(3)12(2)13-7-8-13/h12-14H,4-11H2,1-3H3. The minimum atomic E-state index is 0.814. The number of nitrogens with zero attached hydrogens (tertiary/aromatic N) is 1. The first-order chi connectivity index (χ1) is 7.25. The fourth-order valence-corrected chi connectivity index (χ4v) is 2.06. The van der Waals surface area contributed by atoms with Crippen LogP contribution in [-0.2, 0) is 0 Å². The molecule has 2 heteroatoms. The lowest BCUT2D eigenvalue weighted by Crippen LogP contribution is -2.32. The van der Waals surface area contributed by atoms with Crippen molar-refractivity contribution in [1.82, 2.24) is 10.2 Å². The van der Waals surface area contributed by atoms with Crippen LogP contribution < -0.4 is 5.32 Å². The second kappa shape index (κ2) is 7.24. The molecular weight excluding hydrogens is 184 g/mol. The van der Waals surface area contributed by atoms with Gasteiger partial charge in [0.25, 0.3) is 0 Å². The van der Waals surface area contributed by atoms with Crippen molar-refractivity contribution >= 4 is 0 Å². The molecule has 1 aliphatic carbocycles. The van der Waals surface area contributed by atoms with E-state index in [4.69, 9.17) is 0 Å². The fraction of sp³-hybridized carbons (Fsp3) is 1.00. The molecule has 0 bridgehead atoms. The third-order valence-electron chi connectivity index (χ3n) is 3.54. The molecule has 0 heterocycles. The van der Waals surface area contributed by atoms with Crippen molar-refractivity contribution in [2.45, 2.75) is 52.0 Å². The minimum absolute atomic E-state index is 0.814. The fourth-order valence-electron chi connectivity index (χ4n) is 2.06. The highest BCUT2D eigenvalue weighted by atomic mass is 15.1. The van der Waals surface area contributed by atoms with Crippen LogP contribution in [-0.4, -0.2) is 37.6 Å². The van der Waals surface area contributed by atoms with Crippen LogP contribution in [0.15, 0.2) is 0 Å². The van der Waals surface area contributed by atoms with Gasteiger partial charge in [0.2, 0.25) is 0 Å². The van der Waals surface area contributed by atoms with Gasteiger partial charge in [0.1, 0.15) is 0 Å².